The normalized spacial score (nSPS) is 23.9. The SMILES string of the molecule is COCCC(=O)N1CCC2(CCCN(Cc3ccc(C(C)C)cc3)C2)C1. The average Bonchev–Trinajstić information content (AvgIpc) is 3.03. The molecule has 0 bridgehead atoms. The standard InChI is InChI=1S/C22H34N2O2/c1-18(2)20-7-5-19(6-8-20)15-23-12-4-10-22(16-23)11-13-24(17-22)21(25)9-14-26-3/h5-8,18H,4,9-17H2,1-3H3. The lowest BCUT2D eigenvalue weighted by Gasteiger charge is -2.40. The van der Waals surface area contributed by atoms with Crippen LogP contribution in [-0.4, -0.2) is 55.6 Å². The van der Waals surface area contributed by atoms with E-state index >= 15 is 0 Å². The summed E-state index contributed by atoms with van der Waals surface area (Å²) in [6.07, 6.45) is 4.15. The molecule has 2 aliphatic heterocycles. The third-order valence-electron chi connectivity index (χ3n) is 6.10. The van der Waals surface area contributed by atoms with Gasteiger partial charge in [-0.1, -0.05) is 38.1 Å². The van der Waals surface area contributed by atoms with Gasteiger partial charge in [0.05, 0.1) is 13.0 Å². The zero-order valence-corrected chi connectivity index (χ0v) is 16.7. The first-order chi connectivity index (χ1) is 12.5. The van der Waals surface area contributed by atoms with Crippen LogP contribution in [0, 0.1) is 5.41 Å². The quantitative estimate of drug-likeness (QED) is 0.778. The summed E-state index contributed by atoms with van der Waals surface area (Å²) in [5, 5.41) is 0. The summed E-state index contributed by atoms with van der Waals surface area (Å²) in [7, 11) is 1.66. The lowest BCUT2D eigenvalue weighted by atomic mass is 9.79. The monoisotopic (exact) mass is 358 g/mol. The van der Waals surface area contributed by atoms with Crippen LogP contribution in [-0.2, 0) is 16.1 Å². The van der Waals surface area contributed by atoms with E-state index in [9.17, 15) is 4.79 Å². The lowest BCUT2D eigenvalue weighted by molar-refractivity contribution is -0.131. The summed E-state index contributed by atoms with van der Waals surface area (Å²) in [5.41, 5.74) is 3.11. The largest absolute Gasteiger partial charge is 0.384 e. The number of hydrogen-bond acceptors (Lipinski definition) is 3. The molecule has 1 atom stereocenters. The number of benzene rings is 1. The Bertz CT molecular complexity index is 599. The number of amides is 1. The van der Waals surface area contributed by atoms with Crippen molar-refractivity contribution in [2.75, 3.05) is 39.9 Å². The molecule has 4 heteroatoms. The van der Waals surface area contributed by atoms with Crippen molar-refractivity contribution >= 4 is 5.91 Å². The van der Waals surface area contributed by atoms with Crippen molar-refractivity contribution < 1.29 is 9.53 Å². The smallest absolute Gasteiger partial charge is 0.224 e. The molecule has 2 saturated heterocycles. The van der Waals surface area contributed by atoms with Gasteiger partial charge in [0.1, 0.15) is 0 Å². The van der Waals surface area contributed by atoms with Gasteiger partial charge >= 0.3 is 0 Å². The molecule has 2 heterocycles. The molecule has 1 amide bonds. The van der Waals surface area contributed by atoms with E-state index in [0.29, 0.717) is 24.4 Å². The minimum absolute atomic E-state index is 0.255. The second kappa shape index (κ2) is 8.53. The molecule has 2 aliphatic rings. The van der Waals surface area contributed by atoms with Gasteiger partial charge in [-0.25, -0.2) is 0 Å². The maximum absolute atomic E-state index is 12.3. The molecule has 0 radical (unpaired) electrons. The van der Waals surface area contributed by atoms with Gasteiger partial charge < -0.3 is 9.64 Å². The Morgan fingerprint density at radius 1 is 1.15 bits per heavy atom. The summed E-state index contributed by atoms with van der Waals surface area (Å²) in [6, 6.07) is 9.11. The average molecular weight is 359 g/mol. The summed E-state index contributed by atoms with van der Waals surface area (Å²) < 4.78 is 5.06. The van der Waals surface area contributed by atoms with Gasteiger partial charge in [-0.05, 0) is 42.9 Å². The van der Waals surface area contributed by atoms with E-state index in [1.165, 1.54) is 30.5 Å². The van der Waals surface area contributed by atoms with Crippen LogP contribution >= 0.6 is 0 Å². The van der Waals surface area contributed by atoms with Crippen LogP contribution in [0.2, 0.25) is 0 Å². The Hall–Kier alpha value is -1.39. The van der Waals surface area contributed by atoms with E-state index in [1.54, 1.807) is 7.11 Å². The number of likely N-dealkylation sites (tertiary alicyclic amines) is 2. The Labute approximate surface area is 158 Å². The van der Waals surface area contributed by atoms with E-state index in [2.05, 4.69) is 47.9 Å². The highest BCUT2D eigenvalue weighted by molar-refractivity contribution is 5.76. The van der Waals surface area contributed by atoms with Crippen molar-refractivity contribution in [3.05, 3.63) is 35.4 Å². The number of methoxy groups -OCH3 is 1. The third-order valence-corrected chi connectivity index (χ3v) is 6.10. The van der Waals surface area contributed by atoms with Crippen molar-refractivity contribution in [2.24, 2.45) is 5.41 Å². The van der Waals surface area contributed by atoms with E-state index in [0.717, 1.165) is 32.6 Å². The molecular formula is C22H34N2O2. The molecule has 4 nitrogen and oxygen atoms in total. The topological polar surface area (TPSA) is 32.8 Å². The van der Waals surface area contributed by atoms with Gasteiger partial charge in [0.2, 0.25) is 5.91 Å². The molecule has 1 aromatic carbocycles. The molecule has 0 aliphatic carbocycles. The van der Waals surface area contributed by atoms with Gasteiger partial charge in [-0.2, -0.15) is 0 Å². The van der Waals surface area contributed by atoms with Crippen LogP contribution in [0.5, 0.6) is 0 Å². The number of piperidine rings is 1. The first kappa shape index (κ1) is 19.4. The number of ether oxygens (including phenoxy) is 1. The molecule has 26 heavy (non-hydrogen) atoms. The number of carbonyl (C=O) groups is 1. The molecule has 1 aromatic rings. The Morgan fingerprint density at radius 3 is 2.62 bits per heavy atom. The van der Waals surface area contributed by atoms with Gasteiger partial charge in [0, 0.05) is 38.7 Å². The first-order valence-electron chi connectivity index (χ1n) is 10.1. The number of hydrogen-bond donors (Lipinski definition) is 0. The number of carbonyl (C=O) groups excluding carboxylic acids is 1. The molecule has 2 fully saturated rings. The van der Waals surface area contributed by atoms with Crippen molar-refractivity contribution in [1.29, 1.82) is 0 Å². The van der Waals surface area contributed by atoms with E-state index in [4.69, 9.17) is 4.74 Å². The summed E-state index contributed by atoms with van der Waals surface area (Å²) in [4.78, 5) is 17.0. The zero-order chi connectivity index (χ0) is 18.6. The van der Waals surface area contributed by atoms with E-state index in [1.807, 2.05) is 0 Å². The molecule has 1 unspecified atom stereocenters. The van der Waals surface area contributed by atoms with Crippen molar-refractivity contribution in [3.8, 4) is 0 Å². The van der Waals surface area contributed by atoms with Crippen molar-refractivity contribution in [1.82, 2.24) is 9.80 Å². The van der Waals surface area contributed by atoms with E-state index < -0.39 is 0 Å². The molecule has 3 rings (SSSR count). The Kier molecular flexibility index (Phi) is 6.36. The zero-order valence-electron chi connectivity index (χ0n) is 16.7. The van der Waals surface area contributed by atoms with E-state index in [-0.39, 0.29) is 5.91 Å². The van der Waals surface area contributed by atoms with Crippen molar-refractivity contribution in [2.45, 2.75) is 52.0 Å². The van der Waals surface area contributed by atoms with Crippen LogP contribution in [0.3, 0.4) is 0 Å². The minimum atomic E-state index is 0.255. The second-order valence-electron chi connectivity index (χ2n) is 8.52. The summed E-state index contributed by atoms with van der Waals surface area (Å²) >= 11 is 0. The third kappa shape index (κ3) is 4.66. The van der Waals surface area contributed by atoms with Crippen LogP contribution in [0.15, 0.2) is 24.3 Å². The first-order valence-corrected chi connectivity index (χ1v) is 10.1. The predicted molar refractivity (Wildman–Crippen MR) is 105 cm³/mol. The highest BCUT2D eigenvalue weighted by Crippen LogP contribution is 2.39. The fourth-order valence-electron chi connectivity index (χ4n) is 4.54. The van der Waals surface area contributed by atoms with Gasteiger partial charge in [-0.3, -0.25) is 9.69 Å². The highest BCUT2D eigenvalue weighted by Gasteiger charge is 2.42. The summed E-state index contributed by atoms with van der Waals surface area (Å²) in [6.45, 7) is 10.2. The van der Waals surface area contributed by atoms with Gasteiger partial charge in [-0.15, -0.1) is 0 Å². The molecule has 0 N–H and O–H groups in total. The van der Waals surface area contributed by atoms with Crippen LogP contribution in [0.4, 0.5) is 0 Å². The summed E-state index contributed by atoms with van der Waals surface area (Å²) in [5.74, 6) is 0.840. The molecule has 0 aromatic heterocycles. The molecule has 0 saturated carbocycles. The highest BCUT2D eigenvalue weighted by atomic mass is 16.5. The lowest BCUT2D eigenvalue weighted by Crippen LogP contribution is -2.45. The van der Waals surface area contributed by atoms with Crippen molar-refractivity contribution in [3.63, 3.8) is 0 Å². The minimum Gasteiger partial charge on any atom is -0.384 e. The Balaban J connectivity index is 1.56. The van der Waals surface area contributed by atoms with Crippen LogP contribution in [0.25, 0.3) is 0 Å². The number of rotatable bonds is 6. The molecule has 144 valence electrons. The van der Waals surface area contributed by atoms with Crippen LogP contribution in [0.1, 0.15) is 56.6 Å². The molecular weight excluding hydrogens is 324 g/mol. The fraction of sp³-hybridized carbons (Fsp3) is 0.682. The predicted octanol–water partition coefficient (Wildman–Crippen LogP) is 3.66. The van der Waals surface area contributed by atoms with Crippen LogP contribution < -0.4 is 0 Å². The maximum Gasteiger partial charge on any atom is 0.224 e. The maximum atomic E-state index is 12.3. The second-order valence-corrected chi connectivity index (χ2v) is 8.52. The number of nitrogens with zero attached hydrogens (tertiary/aromatic N) is 2. The molecule has 1 spiro atoms. The van der Waals surface area contributed by atoms with Gasteiger partial charge in [0.25, 0.3) is 0 Å². The Morgan fingerprint density at radius 2 is 1.92 bits per heavy atom. The fourth-order valence-corrected chi connectivity index (χ4v) is 4.54. The van der Waals surface area contributed by atoms with Gasteiger partial charge in [0.15, 0.2) is 0 Å².